The quantitative estimate of drug-likeness (QED) is 0.304. The van der Waals surface area contributed by atoms with Gasteiger partial charge in [-0.05, 0) is 30.1 Å². The predicted molar refractivity (Wildman–Crippen MR) is 99.1 cm³/mol. The Morgan fingerprint density at radius 2 is 1.57 bits per heavy atom. The molecule has 1 radical (unpaired) electrons. The largest absolute Gasteiger partial charge is 2.00 e. The first kappa shape index (κ1) is 19.8. The molecular formula is C21H21SiZr. The van der Waals surface area contributed by atoms with Crippen molar-refractivity contribution in [3.63, 3.8) is 0 Å². The van der Waals surface area contributed by atoms with Crippen molar-refractivity contribution in [2.75, 3.05) is 0 Å². The molecular weight excluding hydrogens is 372 g/mol. The summed E-state index contributed by atoms with van der Waals surface area (Å²) < 4.78 is 0. The van der Waals surface area contributed by atoms with Gasteiger partial charge in [-0.1, -0.05) is 40.6 Å². The van der Waals surface area contributed by atoms with Gasteiger partial charge in [0.05, 0.1) is 0 Å². The average Bonchev–Trinajstić information content (AvgIpc) is 3.18. The van der Waals surface area contributed by atoms with Crippen LogP contribution in [0.1, 0.15) is 25.0 Å². The van der Waals surface area contributed by atoms with Gasteiger partial charge < -0.3 is 0 Å². The Hall–Kier alpha value is -1.24. The van der Waals surface area contributed by atoms with Gasteiger partial charge in [-0.25, -0.2) is 12.1 Å². The summed E-state index contributed by atoms with van der Waals surface area (Å²) in [5.74, 6) is 0. The molecule has 0 amide bonds. The summed E-state index contributed by atoms with van der Waals surface area (Å²) >= 11 is 0. The number of fused-ring (bicyclic) bond motifs is 3. The summed E-state index contributed by atoms with van der Waals surface area (Å²) in [5, 5.41) is 1.33. The Bertz CT molecular complexity index is 650. The molecule has 2 heteroatoms. The van der Waals surface area contributed by atoms with E-state index in [1.807, 2.05) is 50.2 Å². The van der Waals surface area contributed by atoms with Crippen molar-refractivity contribution in [2.45, 2.75) is 20.3 Å². The number of benzene rings is 2. The number of hydrogen-bond donors (Lipinski definition) is 0. The molecule has 0 unspecified atom stereocenters. The molecule has 0 aliphatic heterocycles. The minimum absolute atomic E-state index is 0. The zero-order chi connectivity index (χ0) is 15.8. The fourth-order valence-corrected chi connectivity index (χ4v) is 2.32. The van der Waals surface area contributed by atoms with Crippen LogP contribution in [0.3, 0.4) is 0 Å². The predicted octanol–water partition coefficient (Wildman–Crippen LogP) is 4.56. The molecule has 1 aliphatic rings. The molecule has 1 aliphatic carbocycles. The van der Waals surface area contributed by atoms with Gasteiger partial charge in [-0.3, -0.25) is 0 Å². The second-order valence-electron chi connectivity index (χ2n) is 5.44. The van der Waals surface area contributed by atoms with Crippen LogP contribution < -0.4 is 0 Å². The van der Waals surface area contributed by atoms with E-state index in [1.165, 1.54) is 27.4 Å². The fraction of sp³-hybridized carbons (Fsp3) is 0.143. The van der Waals surface area contributed by atoms with E-state index >= 15 is 0 Å². The molecule has 4 rings (SSSR count). The number of hydrogen-bond acceptors (Lipinski definition) is 0. The molecule has 0 atom stereocenters. The molecule has 0 fully saturated rings. The number of rotatable bonds is 0. The van der Waals surface area contributed by atoms with Gasteiger partial charge in [0.15, 0.2) is 0 Å². The summed E-state index contributed by atoms with van der Waals surface area (Å²) in [6.45, 7) is 4.09. The first-order chi connectivity index (χ1) is 10.7. The zero-order valence-electron chi connectivity index (χ0n) is 13.7. The molecule has 23 heavy (non-hydrogen) atoms. The van der Waals surface area contributed by atoms with Gasteiger partial charge >= 0.3 is 26.2 Å². The van der Waals surface area contributed by atoms with Gasteiger partial charge in [0.2, 0.25) is 0 Å². The van der Waals surface area contributed by atoms with Crippen molar-refractivity contribution < 1.29 is 26.2 Å². The van der Waals surface area contributed by atoms with E-state index in [1.54, 1.807) is 0 Å². The molecule has 0 saturated heterocycles. The van der Waals surface area contributed by atoms with Crippen LogP contribution in [0.5, 0.6) is 0 Å². The van der Waals surface area contributed by atoms with Crippen LogP contribution in [-0.4, -0.2) is 15.0 Å². The Morgan fingerprint density at radius 3 is 2.17 bits per heavy atom. The van der Waals surface area contributed by atoms with Gasteiger partial charge in [0.1, 0.15) is 0 Å². The van der Waals surface area contributed by atoms with Crippen LogP contribution in [0.2, 0.25) is 0 Å². The topological polar surface area (TPSA) is 0 Å². The first-order valence-electron chi connectivity index (χ1n) is 7.48. The zero-order valence-corrected chi connectivity index (χ0v) is 17.3. The maximum atomic E-state index is 3.30. The maximum absolute atomic E-state index is 3.30. The Labute approximate surface area is 162 Å². The van der Waals surface area contributed by atoms with Crippen LogP contribution in [0.15, 0.2) is 72.8 Å². The van der Waals surface area contributed by atoms with Gasteiger partial charge in [-0.15, -0.1) is 5.56 Å². The van der Waals surface area contributed by atoms with Crippen molar-refractivity contribution in [2.24, 2.45) is 0 Å². The molecule has 3 aromatic rings. The molecule has 0 spiro atoms. The molecule has 0 heterocycles. The van der Waals surface area contributed by atoms with Crippen LogP contribution in [-0.2, 0) is 32.6 Å². The van der Waals surface area contributed by atoms with E-state index in [4.69, 9.17) is 0 Å². The SMILES string of the molecule is CC(C)=[SiH].[Zr+2].[c-]1cccc2c1Cc1ccccc1-2.c1cc[cH-]c1. The second kappa shape index (κ2) is 10.5. The van der Waals surface area contributed by atoms with Crippen molar-refractivity contribution in [1.29, 1.82) is 0 Å². The minimum atomic E-state index is 0. The van der Waals surface area contributed by atoms with Crippen LogP contribution >= 0.6 is 0 Å². The normalized spacial score (nSPS) is 9.83. The Balaban J connectivity index is 0.000000223. The van der Waals surface area contributed by atoms with Gasteiger partial charge in [0.25, 0.3) is 0 Å². The van der Waals surface area contributed by atoms with Gasteiger partial charge in [0, 0.05) is 0 Å². The van der Waals surface area contributed by atoms with Crippen molar-refractivity contribution in [3.8, 4) is 11.1 Å². The Kier molecular flexibility index (Phi) is 9.06. The molecule has 0 saturated carbocycles. The monoisotopic (exact) mass is 391 g/mol. The van der Waals surface area contributed by atoms with E-state index in [-0.39, 0.29) is 26.2 Å². The fourth-order valence-electron chi connectivity index (χ4n) is 2.32. The van der Waals surface area contributed by atoms with Crippen molar-refractivity contribution in [1.82, 2.24) is 0 Å². The summed E-state index contributed by atoms with van der Waals surface area (Å²) in [6, 6.07) is 28.1. The summed E-state index contributed by atoms with van der Waals surface area (Å²) in [7, 11) is 2.57. The molecule has 3 aromatic carbocycles. The van der Waals surface area contributed by atoms with Crippen LogP contribution in [0, 0.1) is 6.07 Å². The van der Waals surface area contributed by atoms with Gasteiger partial charge in [-0.2, -0.15) is 48.0 Å². The molecule has 0 aromatic heterocycles. The van der Waals surface area contributed by atoms with E-state index in [9.17, 15) is 0 Å². The third kappa shape index (κ3) is 6.41. The summed E-state index contributed by atoms with van der Waals surface area (Å²) in [4.78, 5) is 0. The van der Waals surface area contributed by atoms with E-state index in [0.717, 1.165) is 6.42 Å². The average molecular weight is 393 g/mol. The second-order valence-corrected chi connectivity index (χ2v) is 6.59. The summed E-state index contributed by atoms with van der Waals surface area (Å²) in [5.41, 5.74) is 5.51. The van der Waals surface area contributed by atoms with Crippen LogP contribution in [0.4, 0.5) is 0 Å². The third-order valence-corrected chi connectivity index (χ3v) is 3.17. The molecule has 113 valence electrons. The Morgan fingerprint density at radius 1 is 0.957 bits per heavy atom. The van der Waals surface area contributed by atoms with Crippen molar-refractivity contribution >= 4 is 15.0 Å². The van der Waals surface area contributed by atoms with E-state index < -0.39 is 0 Å². The summed E-state index contributed by atoms with van der Waals surface area (Å²) in [6.07, 6.45) is 1.05. The molecule has 0 N–H and O–H groups in total. The standard InChI is InChI=1S/C13H9.C5H5.C3H7Si.Zr/c1-3-7-12-10(5-1)9-11-6-2-4-8-13(11)12;1-2-4-5-3-1;1-3(2)4;/h1-5,7-8H,9H2;1-5H;4H,1-2H3;/q2*-1;;+2. The van der Waals surface area contributed by atoms with Crippen LogP contribution in [0.25, 0.3) is 11.1 Å². The minimum Gasteiger partial charge on any atom is -0.214 e. The van der Waals surface area contributed by atoms with Crippen molar-refractivity contribution in [3.05, 3.63) is 90.0 Å². The van der Waals surface area contributed by atoms with E-state index in [0.29, 0.717) is 0 Å². The van der Waals surface area contributed by atoms with E-state index in [2.05, 4.69) is 52.3 Å². The smallest absolute Gasteiger partial charge is 0.214 e. The third-order valence-electron chi connectivity index (χ3n) is 3.17. The molecule has 0 bridgehead atoms. The molecule has 0 nitrogen and oxygen atoms in total. The first-order valence-corrected chi connectivity index (χ1v) is 8.06. The maximum Gasteiger partial charge on any atom is 2.00 e.